The van der Waals surface area contributed by atoms with E-state index in [0.29, 0.717) is 4.96 Å². The van der Waals surface area contributed by atoms with Crippen molar-refractivity contribution in [1.82, 2.24) is 24.8 Å². The Balaban J connectivity index is 1.87. The molecule has 1 N–H and O–H groups in total. The summed E-state index contributed by atoms with van der Waals surface area (Å²) >= 11 is 1.39. The lowest BCUT2D eigenvalue weighted by Crippen LogP contribution is -2.43. The molecule has 90 valence electrons. The summed E-state index contributed by atoms with van der Waals surface area (Å²) in [6.07, 6.45) is 0. The lowest BCUT2D eigenvalue weighted by Gasteiger charge is -2.26. The summed E-state index contributed by atoms with van der Waals surface area (Å²) in [4.78, 5) is 19.2. The Labute approximate surface area is 102 Å². The first kappa shape index (κ1) is 10.8. The molecule has 0 spiro atoms. The van der Waals surface area contributed by atoms with Crippen molar-refractivity contribution in [2.24, 2.45) is 0 Å². The molecule has 2 aromatic heterocycles. The standard InChI is InChI=1S/C10H13N5OS/c16-9-5-8(6-14-3-1-11-2-4-14)13-10-15(9)12-7-17-10/h5,7,11H,1-4,6H2. The van der Waals surface area contributed by atoms with Crippen molar-refractivity contribution in [2.75, 3.05) is 26.2 Å². The zero-order valence-electron chi connectivity index (χ0n) is 9.30. The summed E-state index contributed by atoms with van der Waals surface area (Å²) < 4.78 is 1.34. The molecule has 0 saturated carbocycles. The molecule has 1 saturated heterocycles. The summed E-state index contributed by atoms with van der Waals surface area (Å²) in [5, 5.41) is 7.24. The van der Waals surface area contributed by atoms with Crippen LogP contribution in [0.4, 0.5) is 0 Å². The van der Waals surface area contributed by atoms with Gasteiger partial charge >= 0.3 is 0 Å². The van der Waals surface area contributed by atoms with Gasteiger partial charge in [-0.3, -0.25) is 9.69 Å². The summed E-state index contributed by atoms with van der Waals surface area (Å²) in [5.74, 6) is 0. The Morgan fingerprint density at radius 1 is 1.41 bits per heavy atom. The Morgan fingerprint density at radius 2 is 2.24 bits per heavy atom. The van der Waals surface area contributed by atoms with Crippen LogP contribution in [0.15, 0.2) is 16.4 Å². The van der Waals surface area contributed by atoms with E-state index in [1.165, 1.54) is 15.9 Å². The molecule has 3 rings (SSSR count). The predicted octanol–water partition coefficient (Wildman–Crippen LogP) is -0.444. The van der Waals surface area contributed by atoms with Crippen LogP contribution < -0.4 is 10.9 Å². The first-order valence-electron chi connectivity index (χ1n) is 5.58. The Kier molecular flexibility index (Phi) is 2.87. The zero-order valence-corrected chi connectivity index (χ0v) is 10.1. The van der Waals surface area contributed by atoms with Gasteiger partial charge in [-0.1, -0.05) is 11.3 Å². The van der Waals surface area contributed by atoms with E-state index in [1.807, 2.05) is 0 Å². The number of hydrogen-bond donors (Lipinski definition) is 1. The van der Waals surface area contributed by atoms with Crippen molar-refractivity contribution < 1.29 is 0 Å². The van der Waals surface area contributed by atoms with Gasteiger partial charge in [0.05, 0.1) is 5.69 Å². The molecule has 0 atom stereocenters. The van der Waals surface area contributed by atoms with Crippen molar-refractivity contribution in [3.8, 4) is 0 Å². The predicted molar refractivity (Wildman–Crippen MR) is 65.3 cm³/mol. The third-order valence-corrected chi connectivity index (χ3v) is 3.51. The largest absolute Gasteiger partial charge is 0.314 e. The Hall–Kier alpha value is -1.31. The van der Waals surface area contributed by atoms with Crippen LogP contribution in [0.25, 0.3) is 4.96 Å². The van der Waals surface area contributed by atoms with E-state index in [1.54, 1.807) is 11.6 Å². The maximum absolute atomic E-state index is 11.7. The molecule has 7 heteroatoms. The van der Waals surface area contributed by atoms with Crippen LogP contribution in [0.5, 0.6) is 0 Å². The second kappa shape index (κ2) is 4.52. The molecule has 1 fully saturated rings. The van der Waals surface area contributed by atoms with Crippen molar-refractivity contribution in [3.63, 3.8) is 0 Å². The molecule has 0 bridgehead atoms. The summed E-state index contributed by atoms with van der Waals surface area (Å²) in [6, 6.07) is 1.58. The van der Waals surface area contributed by atoms with E-state index in [-0.39, 0.29) is 5.56 Å². The Bertz CT molecular complexity index is 571. The van der Waals surface area contributed by atoms with E-state index in [2.05, 4.69) is 20.3 Å². The second-order valence-corrected chi connectivity index (χ2v) is 4.86. The highest BCUT2D eigenvalue weighted by Gasteiger charge is 2.12. The van der Waals surface area contributed by atoms with Crippen LogP contribution in [-0.4, -0.2) is 45.7 Å². The highest BCUT2D eigenvalue weighted by atomic mass is 32.1. The normalized spacial score (nSPS) is 17.6. The molecular weight excluding hydrogens is 238 g/mol. The Morgan fingerprint density at radius 3 is 3.06 bits per heavy atom. The lowest BCUT2D eigenvalue weighted by molar-refractivity contribution is 0.231. The average Bonchev–Trinajstić information content (AvgIpc) is 2.79. The molecule has 3 heterocycles. The van der Waals surface area contributed by atoms with Gasteiger partial charge < -0.3 is 5.32 Å². The zero-order chi connectivity index (χ0) is 11.7. The van der Waals surface area contributed by atoms with Gasteiger partial charge in [0.15, 0.2) is 0 Å². The van der Waals surface area contributed by atoms with Gasteiger partial charge in [0.25, 0.3) is 5.56 Å². The van der Waals surface area contributed by atoms with E-state index in [9.17, 15) is 4.79 Å². The number of piperazine rings is 1. The van der Waals surface area contributed by atoms with Gasteiger partial charge in [-0.15, -0.1) is 0 Å². The van der Waals surface area contributed by atoms with Crippen LogP contribution in [-0.2, 0) is 6.54 Å². The van der Waals surface area contributed by atoms with Crippen molar-refractivity contribution in [2.45, 2.75) is 6.54 Å². The fourth-order valence-electron chi connectivity index (χ4n) is 1.98. The molecule has 1 aliphatic rings. The number of nitrogens with zero attached hydrogens (tertiary/aromatic N) is 4. The molecule has 17 heavy (non-hydrogen) atoms. The minimum Gasteiger partial charge on any atom is -0.314 e. The third kappa shape index (κ3) is 2.21. The second-order valence-electron chi connectivity index (χ2n) is 4.04. The highest BCUT2D eigenvalue weighted by molar-refractivity contribution is 7.14. The molecule has 1 aliphatic heterocycles. The number of hydrogen-bond acceptors (Lipinski definition) is 6. The first-order chi connectivity index (χ1) is 8.33. The summed E-state index contributed by atoms with van der Waals surface area (Å²) in [7, 11) is 0. The van der Waals surface area contributed by atoms with Crippen LogP contribution in [0.2, 0.25) is 0 Å². The topological polar surface area (TPSA) is 62.5 Å². The van der Waals surface area contributed by atoms with Gasteiger partial charge in [-0.05, 0) is 0 Å². The molecule has 6 nitrogen and oxygen atoms in total. The van der Waals surface area contributed by atoms with E-state index in [4.69, 9.17) is 0 Å². The number of nitrogens with one attached hydrogen (secondary N) is 1. The quantitative estimate of drug-likeness (QED) is 0.784. The molecule has 0 amide bonds. The van der Waals surface area contributed by atoms with Crippen LogP contribution >= 0.6 is 11.3 Å². The van der Waals surface area contributed by atoms with Gasteiger partial charge in [0, 0.05) is 38.8 Å². The van der Waals surface area contributed by atoms with Gasteiger partial charge in [-0.25, -0.2) is 4.98 Å². The molecular formula is C10H13N5OS. The number of rotatable bonds is 2. The number of fused-ring (bicyclic) bond motifs is 1. The highest BCUT2D eigenvalue weighted by Crippen LogP contribution is 2.06. The minimum absolute atomic E-state index is 0.0959. The maximum atomic E-state index is 11.7. The fraction of sp³-hybridized carbons (Fsp3) is 0.500. The molecule has 0 aliphatic carbocycles. The van der Waals surface area contributed by atoms with Crippen LogP contribution in [0.1, 0.15) is 5.69 Å². The summed E-state index contributed by atoms with van der Waals surface area (Å²) in [6.45, 7) is 4.75. The van der Waals surface area contributed by atoms with Gasteiger partial charge in [-0.2, -0.15) is 9.61 Å². The third-order valence-electron chi connectivity index (χ3n) is 2.84. The fourth-order valence-corrected chi connectivity index (χ4v) is 2.62. The minimum atomic E-state index is -0.0959. The number of aromatic nitrogens is 3. The van der Waals surface area contributed by atoms with Crippen molar-refractivity contribution in [3.05, 3.63) is 27.6 Å². The van der Waals surface area contributed by atoms with E-state index < -0.39 is 0 Å². The van der Waals surface area contributed by atoms with Gasteiger partial charge in [0.2, 0.25) is 4.96 Å². The lowest BCUT2D eigenvalue weighted by atomic mass is 10.3. The SMILES string of the molecule is O=c1cc(CN2CCNCC2)nc2scnn12. The van der Waals surface area contributed by atoms with E-state index in [0.717, 1.165) is 38.4 Å². The average molecular weight is 251 g/mol. The summed E-state index contributed by atoms with van der Waals surface area (Å²) in [5.41, 5.74) is 2.38. The first-order valence-corrected chi connectivity index (χ1v) is 6.46. The molecule has 0 radical (unpaired) electrons. The monoisotopic (exact) mass is 251 g/mol. The smallest absolute Gasteiger partial charge is 0.275 e. The van der Waals surface area contributed by atoms with Crippen LogP contribution in [0, 0.1) is 0 Å². The molecule has 2 aromatic rings. The molecule has 0 aromatic carbocycles. The van der Waals surface area contributed by atoms with Gasteiger partial charge in [0.1, 0.15) is 5.51 Å². The van der Waals surface area contributed by atoms with Crippen LogP contribution in [0.3, 0.4) is 0 Å². The van der Waals surface area contributed by atoms with E-state index >= 15 is 0 Å². The maximum Gasteiger partial charge on any atom is 0.275 e. The van der Waals surface area contributed by atoms with Crippen molar-refractivity contribution >= 4 is 16.3 Å². The molecule has 0 unspecified atom stereocenters. The van der Waals surface area contributed by atoms with Crippen molar-refractivity contribution in [1.29, 1.82) is 0 Å².